The molecule has 0 aromatic carbocycles. The van der Waals surface area contributed by atoms with Gasteiger partial charge in [-0.1, -0.05) is 96.8 Å². The summed E-state index contributed by atoms with van der Waals surface area (Å²) in [5.74, 6) is 6.65. The largest absolute Gasteiger partial charge is 0.335 e. The van der Waals surface area contributed by atoms with Crippen LogP contribution in [0.3, 0.4) is 0 Å². The molecule has 140 valence electrons. The van der Waals surface area contributed by atoms with Crippen molar-refractivity contribution in [1.29, 1.82) is 0 Å². The number of nitrogens with zero attached hydrogens (tertiary/aromatic N) is 2. The minimum Gasteiger partial charge on any atom is -0.335 e. The maximum absolute atomic E-state index is 5.78. The van der Waals surface area contributed by atoms with Crippen LogP contribution in [0, 0.1) is 4.77 Å². The lowest BCUT2D eigenvalue weighted by Gasteiger charge is -2.03. The van der Waals surface area contributed by atoms with Crippen LogP contribution in [0.1, 0.15) is 109 Å². The Labute approximate surface area is 153 Å². The molecule has 0 spiro atoms. The monoisotopic (exact) mass is 354 g/mol. The summed E-state index contributed by atoms with van der Waals surface area (Å²) >= 11 is 5.00. The Hall–Kier alpha value is -0.840. The van der Waals surface area contributed by atoms with Gasteiger partial charge in [0.2, 0.25) is 4.77 Å². The van der Waals surface area contributed by atoms with Crippen LogP contribution in [0.5, 0.6) is 0 Å². The van der Waals surface area contributed by atoms with Gasteiger partial charge in [0.15, 0.2) is 5.82 Å². The van der Waals surface area contributed by atoms with Crippen molar-refractivity contribution >= 4 is 12.2 Å². The minimum atomic E-state index is 0.506. The zero-order chi connectivity index (χ0) is 17.5. The highest BCUT2D eigenvalue weighted by molar-refractivity contribution is 7.71. The fourth-order valence-corrected chi connectivity index (χ4v) is 3.32. The molecular weight excluding hydrogens is 316 g/mol. The predicted molar refractivity (Wildman–Crippen MR) is 106 cm³/mol. The first-order valence-corrected chi connectivity index (χ1v) is 10.6. The molecule has 0 unspecified atom stereocenters. The SMILES string of the molecule is CCCCCCCCCCCCCCCCCc1n[nH]c(=S)n1N. The van der Waals surface area contributed by atoms with Gasteiger partial charge in [-0.05, 0) is 18.6 Å². The van der Waals surface area contributed by atoms with E-state index in [1.54, 1.807) is 0 Å². The van der Waals surface area contributed by atoms with E-state index in [-0.39, 0.29) is 0 Å². The highest BCUT2D eigenvalue weighted by Gasteiger charge is 2.02. The third-order valence-corrected chi connectivity index (χ3v) is 5.07. The Kier molecular flexibility index (Phi) is 12.8. The first kappa shape index (κ1) is 21.2. The molecule has 0 saturated heterocycles. The number of aromatic amines is 1. The van der Waals surface area contributed by atoms with E-state index in [9.17, 15) is 0 Å². The topological polar surface area (TPSA) is 59.6 Å². The van der Waals surface area contributed by atoms with Gasteiger partial charge in [0, 0.05) is 6.42 Å². The van der Waals surface area contributed by atoms with Crippen LogP contribution in [-0.4, -0.2) is 14.9 Å². The quantitative estimate of drug-likeness (QED) is 0.215. The smallest absolute Gasteiger partial charge is 0.214 e. The lowest BCUT2D eigenvalue weighted by molar-refractivity contribution is 0.531. The Morgan fingerprint density at radius 1 is 0.792 bits per heavy atom. The van der Waals surface area contributed by atoms with Gasteiger partial charge in [0.05, 0.1) is 0 Å². The van der Waals surface area contributed by atoms with E-state index in [4.69, 9.17) is 18.1 Å². The lowest BCUT2D eigenvalue weighted by atomic mass is 10.0. The van der Waals surface area contributed by atoms with Gasteiger partial charge in [0.1, 0.15) is 0 Å². The highest BCUT2D eigenvalue weighted by atomic mass is 32.1. The van der Waals surface area contributed by atoms with Crippen molar-refractivity contribution in [3.05, 3.63) is 10.6 Å². The Morgan fingerprint density at radius 3 is 1.58 bits per heavy atom. The summed E-state index contributed by atoms with van der Waals surface area (Å²) < 4.78 is 1.99. The number of nitrogens with one attached hydrogen (secondary N) is 1. The average Bonchev–Trinajstić information content (AvgIpc) is 2.90. The van der Waals surface area contributed by atoms with Gasteiger partial charge in [-0.15, -0.1) is 0 Å². The van der Waals surface area contributed by atoms with E-state index in [1.165, 1.54) is 94.6 Å². The molecule has 3 N–H and O–H groups in total. The van der Waals surface area contributed by atoms with Crippen molar-refractivity contribution in [2.45, 2.75) is 110 Å². The number of hydrogen-bond acceptors (Lipinski definition) is 3. The summed E-state index contributed by atoms with van der Waals surface area (Å²) in [7, 11) is 0. The normalized spacial score (nSPS) is 11.2. The van der Waals surface area contributed by atoms with Gasteiger partial charge in [-0.25, -0.2) is 4.68 Å². The molecule has 0 amide bonds. The van der Waals surface area contributed by atoms with Crippen LogP contribution < -0.4 is 5.84 Å². The molecule has 24 heavy (non-hydrogen) atoms. The second-order valence-corrected chi connectivity index (χ2v) is 7.40. The van der Waals surface area contributed by atoms with Crippen LogP contribution in [0.2, 0.25) is 0 Å². The van der Waals surface area contributed by atoms with E-state index in [0.717, 1.165) is 18.7 Å². The Morgan fingerprint density at radius 2 is 1.21 bits per heavy atom. The molecule has 0 aliphatic carbocycles. The molecule has 0 fully saturated rings. The third kappa shape index (κ3) is 10.1. The van der Waals surface area contributed by atoms with Crippen molar-refractivity contribution in [2.75, 3.05) is 5.84 Å². The summed E-state index contributed by atoms with van der Waals surface area (Å²) in [6.45, 7) is 2.28. The van der Waals surface area contributed by atoms with Gasteiger partial charge >= 0.3 is 0 Å². The molecular formula is C19H38N4S. The molecule has 1 heterocycles. The number of hydrogen-bond donors (Lipinski definition) is 2. The van der Waals surface area contributed by atoms with Crippen molar-refractivity contribution < 1.29 is 0 Å². The molecule has 0 radical (unpaired) electrons. The van der Waals surface area contributed by atoms with Crippen LogP contribution >= 0.6 is 12.2 Å². The standard InChI is InChI=1S/C19H38N4S/c1-2-3-4-5-6-7-8-9-10-11-12-13-14-15-16-17-18-21-22-19(24)23(18)20/h2-17,20H2,1H3,(H,22,24). The van der Waals surface area contributed by atoms with Gasteiger partial charge < -0.3 is 5.84 Å². The van der Waals surface area contributed by atoms with Crippen molar-refractivity contribution in [3.8, 4) is 0 Å². The number of nitrogen functional groups attached to an aromatic ring is 1. The molecule has 0 bridgehead atoms. The minimum absolute atomic E-state index is 0.506. The zero-order valence-electron chi connectivity index (χ0n) is 15.7. The maximum Gasteiger partial charge on any atom is 0.214 e. The molecule has 0 atom stereocenters. The zero-order valence-corrected chi connectivity index (χ0v) is 16.5. The van der Waals surface area contributed by atoms with E-state index < -0.39 is 0 Å². The first-order valence-electron chi connectivity index (χ1n) is 10.2. The van der Waals surface area contributed by atoms with Gasteiger partial charge in [-0.2, -0.15) is 5.10 Å². The number of aryl methyl sites for hydroxylation is 1. The summed E-state index contributed by atoms with van der Waals surface area (Å²) in [6.07, 6.45) is 21.7. The summed E-state index contributed by atoms with van der Waals surface area (Å²) in [5, 5.41) is 6.87. The van der Waals surface area contributed by atoms with E-state index in [1.807, 2.05) is 0 Å². The van der Waals surface area contributed by atoms with Crippen LogP contribution in [0.25, 0.3) is 0 Å². The molecule has 5 heteroatoms. The molecule has 1 aromatic heterocycles. The number of rotatable bonds is 16. The third-order valence-electron chi connectivity index (χ3n) is 4.78. The van der Waals surface area contributed by atoms with E-state index >= 15 is 0 Å². The number of H-pyrrole nitrogens is 1. The van der Waals surface area contributed by atoms with E-state index in [2.05, 4.69) is 17.1 Å². The Bertz CT molecular complexity index is 452. The fraction of sp³-hybridized carbons (Fsp3) is 0.895. The predicted octanol–water partition coefficient (Wildman–Crippen LogP) is 6.07. The van der Waals surface area contributed by atoms with Crippen LogP contribution in [-0.2, 0) is 6.42 Å². The lowest BCUT2D eigenvalue weighted by Crippen LogP contribution is -2.12. The summed E-state index contributed by atoms with van der Waals surface area (Å²) in [6, 6.07) is 0. The van der Waals surface area contributed by atoms with Crippen LogP contribution in [0.4, 0.5) is 0 Å². The number of unbranched alkanes of at least 4 members (excludes halogenated alkanes) is 14. The second-order valence-electron chi connectivity index (χ2n) is 7.01. The second kappa shape index (κ2) is 14.5. The number of aromatic nitrogens is 3. The van der Waals surface area contributed by atoms with E-state index in [0.29, 0.717) is 4.77 Å². The summed E-state index contributed by atoms with van der Waals surface area (Å²) in [4.78, 5) is 0. The summed E-state index contributed by atoms with van der Waals surface area (Å²) in [5.41, 5.74) is 0. The van der Waals surface area contributed by atoms with Crippen molar-refractivity contribution in [2.24, 2.45) is 0 Å². The molecule has 1 aromatic rings. The molecule has 0 aliphatic heterocycles. The maximum atomic E-state index is 5.78. The molecule has 4 nitrogen and oxygen atoms in total. The Balaban J connectivity index is 1.78. The average molecular weight is 355 g/mol. The molecule has 1 rings (SSSR count). The van der Waals surface area contributed by atoms with Crippen molar-refractivity contribution in [1.82, 2.24) is 14.9 Å². The van der Waals surface area contributed by atoms with Crippen molar-refractivity contribution in [3.63, 3.8) is 0 Å². The fourth-order valence-electron chi connectivity index (χ4n) is 3.17. The molecule has 0 aliphatic rings. The first-order chi connectivity index (χ1) is 11.8. The molecule has 0 saturated carbocycles. The highest BCUT2D eigenvalue weighted by Crippen LogP contribution is 2.13. The van der Waals surface area contributed by atoms with Gasteiger partial charge in [-0.3, -0.25) is 5.10 Å². The van der Waals surface area contributed by atoms with Crippen LogP contribution in [0.15, 0.2) is 0 Å². The number of nitrogens with two attached hydrogens (primary N) is 1. The van der Waals surface area contributed by atoms with Gasteiger partial charge in [0.25, 0.3) is 0 Å².